The number of carbonyl (C=O) groups excluding carboxylic acids is 1. The summed E-state index contributed by atoms with van der Waals surface area (Å²) >= 11 is 0. The average molecular weight is 319 g/mol. The van der Waals surface area contributed by atoms with Crippen LogP contribution >= 0.6 is 0 Å². The van der Waals surface area contributed by atoms with Crippen LogP contribution in [0.3, 0.4) is 0 Å². The second kappa shape index (κ2) is 5.33. The Kier molecular flexibility index (Phi) is 3.82. The summed E-state index contributed by atoms with van der Waals surface area (Å²) in [5.41, 5.74) is 0.743. The molecule has 2 aliphatic rings. The molecule has 0 unspecified atom stereocenters. The van der Waals surface area contributed by atoms with E-state index in [-0.39, 0.29) is 28.3 Å². The van der Waals surface area contributed by atoms with E-state index < -0.39 is 0 Å². The molecular formula is C18H29N3O2. The number of aromatic amines is 1. The van der Waals surface area contributed by atoms with Crippen LogP contribution in [0.25, 0.3) is 0 Å². The van der Waals surface area contributed by atoms with Gasteiger partial charge in [-0.1, -0.05) is 27.7 Å². The molecule has 1 aliphatic carbocycles. The number of hydrogen-bond acceptors (Lipinski definition) is 3. The van der Waals surface area contributed by atoms with Crippen LogP contribution in [-0.2, 0) is 9.53 Å². The van der Waals surface area contributed by atoms with Crippen LogP contribution < -0.4 is 5.32 Å². The Bertz CT molecular complexity index is 563. The van der Waals surface area contributed by atoms with Crippen molar-refractivity contribution in [2.24, 2.45) is 22.2 Å². The van der Waals surface area contributed by atoms with Gasteiger partial charge in [-0.05, 0) is 36.7 Å². The van der Waals surface area contributed by atoms with E-state index in [1.54, 1.807) is 6.20 Å². The van der Waals surface area contributed by atoms with E-state index in [1.807, 2.05) is 6.07 Å². The highest BCUT2D eigenvalue weighted by Crippen LogP contribution is 2.77. The lowest BCUT2D eigenvalue weighted by Gasteiger charge is -2.31. The van der Waals surface area contributed by atoms with Gasteiger partial charge in [-0.3, -0.25) is 9.89 Å². The molecule has 2 atom stereocenters. The quantitative estimate of drug-likeness (QED) is 0.896. The van der Waals surface area contributed by atoms with Crippen molar-refractivity contribution in [3.8, 4) is 0 Å². The van der Waals surface area contributed by atoms with Crippen LogP contribution in [0, 0.1) is 22.2 Å². The first-order chi connectivity index (χ1) is 10.7. The van der Waals surface area contributed by atoms with Gasteiger partial charge in [0.05, 0.1) is 11.1 Å². The van der Waals surface area contributed by atoms with Crippen molar-refractivity contribution >= 4 is 5.91 Å². The summed E-state index contributed by atoms with van der Waals surface area (Å²) < 4.78 is 5.93. The number of aromatic nitrogens is 2. The lowest BCUT2D eigenvalue weighted by Crippen LogP contribution is -2.40. The molecule has 128 valence electrons. The zero-order chi connectivity index (χ0) is 16.9. The number of H-pyrrole nitrogens is 1. The first-order valence-corrected chi connectivity index (χ1v) is 8.62. The normalized spacial score (nSPS) is 30.7. The van der Waals surface area contributed by atoms with Gasteiger partial charge in [-0.25, -0.2) is 0 Å². The number of ether oxygens (including phenoxy) is 1. The van der Waals surface area contributed by atoms with E-state index in [1.165, 1.54) is 0 Å². The van der Waals surface area contributed by atoms with Crippen molar-refractivity contribution in [1.82, 2.24) is 15.5 Å². The van der Waals surface area contributed by atoms with Crippen molar-refractivity contribution in [2.45, 2.75) is 53.6 Å². The van der Waals surface area contributed by atoms with Gasteiger partial charge in [0.15, 0.2) is 0 Å². The molecule has 0 aromatic carbocycles. The molecule has 2 heterocycles. The molecule has 1 aromatic rings. The molecule has 1 aromatic heterocycles. The molecule has 1 aliphatic heterocycles. The summed E-state index contributed by atoms with van der Waals surface area (Å²) in [4.78, 5) is 12.8. The maximum absolute atomic E-state index is 12.8. The highest BCUT2D eigenvalue weighted by molar-refractivity contribution is 5.88. The second-order valence-corrected chi connectivity index (χ2v) is 8.29. The molecule has 1 amide bonds. The van der Waals surface area contributed by atoms with Gasteiger partial charge in [0.1, 0.15) is 6.10 Å². The number of nitrogens with zero attached hydrogens (tertiary/aromatic N) is 1. The Labute approximate surface area is 138 Å². The summed E-state index contributed by atoms with van der Waals surface area (Å²) in [6.07, 6.45) is 3.85. The molecule has 0 spiro atoms. The SMILES string of the molecule is CC1(C)C(C)(C)C1(C)C(=O)NC[C@@H]1CCCO[C@H]1c1ccn[nH]1. The highest BCUT2D eigenvalue weighted by Gasteiger charge is 2.77. The molecule has 0 bridgehead atoms. The topological polar surface area (TPSA) is 67.0 Å². The lowest BCUT2D eigenvalue weighted by atomic mass is 9.91. The summed E-state index contributed by atoms with van der Waals surface area (Å²) in [6, 6.07) is 1.96. The van der Waals surface area contributed by atoms with Crippen LogP contribution in [0.1, 0.15) is 59.3 Å². The van der Waals surface area contributed by atoms with E-state index in [0.29, 0.717) is 12.5 Å². The third-order valence-corrected chi connectivity index (χ3v) is 7.25. The minimum absolute atomic E-state index is 0.000389. The first-order valence-electron chi connectivity index (χ1n) is 8.62. The minimum Gasteiger partial charge on any atom is -0.372 e. The predicted molar refractivity (Wildman–Crippen MR) is 88.7 cm³/mol. The summed E-state index contributed by atoms with van der Waals surface area (Å²) in [5, 5.41) is 10.2. The average Bonchev–Trinajstić information content (AvgIpc) is 2.94. The fraction of sp³-hybridized carbons (Fsp3) is 0.778. The molecule has 1 saturated carbocycles. The Balaban J connectivity index is 1.65. The van der Waals surface area contributed by atoms with Crippen LogP contribution in [0.5, 0.6) is 0 Å². The minimum atomic E-state index is -0.307. The molecular weight excluding hydrogens is 290 g/mol. The van der Waals surface area contributed by atoms with Crippen LogP contribution in [0.2, 0.25) is 0 Å². The van der Waals surface area contributed by atoms with Gasteiger partial charge in [0.2, 0.25) is 5.91 Å². The molecule has 5 heteroatoms. The number of hydrogen-bond donors (Lipinski definition) is 2. The van der Waals surface area contributed by atoms with E-state index in [0.717, 1.165) is 25.1 Å². The van der Waals surface area contributed by atoms with Gasteiger partial charge >= 0.3 is 0 Å². The number of amides is 1. The molecule has 1 saturated heterocycles. The van der Waals surface area contributed by atoms with Crippen molar-refractivity contribution in [2.75, 3.05) is 13.2 Å². The molecule has 5 nitrogen and oxygen atoms in total. The van der Waals surface area contributed by atoms with Crippen LogP contribution in [-0.4, -0.2) is 29.3 Å². The Hall–Kier alpha value is -1.36. The zero-order valence-electron chi connectivity index (χ0n) is 14.9. The summed E-state index contributed by atoms with van der Waals surface area (Å²) in [7, 11) is 0. The highest BCUT2D eigenvalue weighted by atomic mass is 16.5. The van der Waals surface area contributed by atoms with Crippen LogP contribution in [0.4, 0.5) is 0 Å². The third kappa shape index (κ3) is 2.24. The zero-order valence-corrected chi connectivity index (χ0v) is 14.9. The molecule has 23 heavy (non-hydrogen) atoms. The van der Waals surface area contributed by atoms with Gasteiger partial charge in [-0.15, -0.1) is 0 Å². The van der Waals surface area contributed by atoms with Gasteiger partial charge < -0.3 is 10.1 Å². The fourth-order valence-electron chi connectivity index (χ4n) is 4.38. The molecule has 0 radical (unpaired) electrons. The second-order valence-electron chi connectivity index (χ2n) is 8.29. The van der Waals surface area contributed by atoms with E-state index in [9.17, 15) is 4.79 Å². The van der Waals surface area contributed by atoms with E-state index >= 15 is 0 Å². The van der Waals surface area contributed by atoms with Gasteiger partial charge in [0.25, 0.3) is 0 Å². The van der Waals surface area contributed by atoms with Crippen LogP contribution in [0.15, 0.2) is 12.3 Å². The third-order valence-electron chi connectivity index (χ3n) is 7.25. The maximum Gasteiger partial charge on any atom is 0.227 e. The fourth-order valence-corrected chi connectivity index (χ4v) is 4.38. The predicted octanol–water partition coefficient (Wildman–Crippen LogP) is 3.07. The van der Waals surface area contributed by atoms with E-state index in [4.69, 9.17) is 4.74 Å². The van der Waals surface area contributed by atoms with Crippen molar-refractivity contribution in [3.63, 3.8) is 0 Å². The number of nitrogens with one attached hydrogen (secondary N) is 2. The van der Waals surface area contributed by atoms with Crippen molar-refractivity contribution in [1.29, 1.82) is 0 Å². The molecule has 2 fully saturated rings. The smallest absolute Gasteiger partial charge is 0.227 e. The Morgan fingerprint density at radius 2 is 2.04 bits per heavy atom. The standard InChI is InChI=1S/C18H29N3O2/c1-16(2)17(3,4)18(16,5)15(22)19-11-12-7-6-10-23-14(12)13-8-9-20-21-13/h8-9,12,14H,6-7,10-11H2,1-5H3,(H,19,22)(H,20,21)/t12-,14+/m0/s1. The molecule has 3 rings (SSSR count). The van der Waals surface area contributed by atoms with Crippen molar-refractivity contribution in [3.05, 3.63) is 18.0 Å². The molecule has 2 N–H and O–H groups in total. The monoisotopic (exact) mass is 319 g/mol. The van der Waals surface area contributed by atoms with Gasteiger partial charge in [-0.2, -0.15) is 5.10 Å². The Morgan fingerprint density at radius 3 is 2.61 bits per heavy atom. The summed E-state index contributed by atoms with van der Waals surface area (Å²) in [6.45, 7) is 12.3. The largest absolute Gasteiger partial charge is 0.372 e. The van der Waals surface area contributed by atoms with Gasteiger partial charge in [0, 0.05) is 25.3 Å². The first kappa shape index (κ1) is 16.5. The lowest BCUT2D eigenvalue weighted by molar-refractivity contribution is -0.128. The number of carbonyl (C=O) groups is 1. The summed E-state index contributed by atoms with van der Waals surface area (Å²) in [5.74, 6) is 0.461. The Morgan fingerprint density at radius 1 is 1.35 bits per heavy atom. The maximum atomic E-state index is 12.8. The number of rotatable bonds is 4. The van der Waals surface area contributed by atoms with E-state index in [2.05, 4.69) is 50.1 Å². The van der Waals surface area contributed by atoms with Crippen molar-refractivity contribution < 1.29 is 9.53 Å².